The predicted octanol–water partition coefficient (Wildman–Crippen LogP) is 5.74. The molecule has 0 spiro atoms. The largest absolute Gasteiger partial charge is 0.490 e. The average Bonchev–Trinajstić information content (AvgIpc) is 2.84. The van der Waals surface area contributed by atoms with Crippen LogP contribution in [0.1, 0.15) is 47.9 Å². The van der Waals surface area contributed by atoms with E-state index in [0.717, 1.165) is 59.9 Å². The van der Waals surface area contributed by atoms with Gasteiger partial charge in [0.15, 0.2) is 0 Å². The summed E-state index contributed by atoms with van der Waals surface area (Å²) in [5, 5.41) is 1.60. The molecule has 1 saturated carbocycles. The number of halogens is 1. The molecule has 1 aliphatic carbocycles. The Morgan fingerprint density at radius 2 is 1.74 bits per heavy atom. The molecule has 34 heavy (non-hydrogen) atoms. The fourth-order valence-corrected chi connectivity index (χ4v) is 5.01. The first kappa shape index (κ1) is 22.4. The van der Waals surface area contributed by atoms with E-state index < -0.39 is 5.54 Å². The van der Waals surface area contributed by atoms with Crippen LogP contribution in [0.15, 0.2) is 77.7 Å². The third kappa shape index (κ3) is 4.48. The number of aromatic amines is 1. The first-order valence-corrected chi connectivity index (χ1v) is 11.8. The molecule has 0 aliphatic heterocycles. The van der Waals surface area contributed by atoms with Crippen LogP contribution in [-0.4, -0.2) is 11.1 Å². The van der Waals surface area contributed by atoms with Crippen molar-refractivity contribution < 1.29 is 9.13 Å². The number of hydrogen-bond acceptors (Lipinski definition) is 3. The number of H-pyrrole nitrogens is 1. The van der Waals surface area contributed by atoms with Gasteiger partial charge in [-0.05, 0) is 90.9 Å². The molecular formula is C29H29FN2O2. The molecule has 1 fully saturated rings. The van der Waals surface area contributed by atoms with Gasteiger partial charge < -0.3 is 15.5 Å². The normalized spacial score (nSPS) is 20.4. The molecule has 0 amide bonds. The van der Waals surface area contributed by atoms with Crippen molar-refractivity contribution in [1.82, 2.24) is 4.98 Å². The van der Waals surface area contributed by atoms with Crippen LogP contribution in [0, 0.1) is 12.7 Å². The monoisotopic (exact) mass is 456 g/mol. The summed E-state index contributed by atoms with van der Waals surface area (Å²) in [4.78, 5) is 15.4. The quantitative estimate of drug-likeness (QED) is 0.402. The summed E-state index contributed by atoms with van der Waals surface area (Å²) in [5.41, 5.74) is 10.3. The Bertz CT molecular complexity index is 1360. The maximum atomic E-state index is 13.3. The van der Waals surface area contributed by atoms with Crippen molar-refractivity contribution in [2.45, 2.75) is 50.7 Å². The van der Waals surface area contributed by atoms with E-state index in [1.165, 1.54) is 17.7 Å². The summed E-state index contributed by atoms with van der Waals surface area (Å²) in [6.07, 6.45) is 5.77. The zero-order chi connectivity index (χ0) is 23.7. The number of benzene rings is 3. The van der Waals surface area contributed by atoms with Gasteiger partial charge in [0, 0.05) is 17.1 Å². The van der Waals surface area contributed by atoms with Crippen LogP contribution in [-0.2, 0) is 12.0 Å². The van der Waals surface area contributed by atoms with Crippen molar-refractivity contribution in [3.05, 3.63) is 111 Å². The van der Waals surface area contributed by atoms with Crippen molar-refractivity contribution in [3.63, 3.8) is 0 Å². The van der Waals surface area contributed by atoms with Gasteiger partial charge in [0.25, 0.3) is 5.56 Å². The lowest BCUT2D eigenvalue weighted by molar-refractivity contribution is 0.117. The van der Waals surface area contributed by atoms with E-state index in [4.69, 9.17) is 10.5 Å². The number of pyridine rings is 1. The lowest BCUT2D eigenvalue weighted by atomic mass is 9.76. The van der Waals surface area contributed by atoms with Crippen LogP contribution in [0.3, 0.4) is 0 Å². The number of fused-ring (bicyclic) bond motifs is 1. The van der Waals surface area contributed by atoms with E-state index in [1.54, 1.807) is 12.1 Å². The molecule has 174 valence electrons. The Balaban J connectivity index is 1.38. The van der Waals surface area contributed by atoms with Gasteiger partial charge in [-0.25, -0.2) is 4.39 Å². The molecule has 0 saturated heterocycles. The molecule has 5 rings (SSSR count). The minimum Gasteiger partial charge on any atom is -0.490 e. The molecule has 0 bridgehead atoms. The highest BCUT2D eigenvalue weighted by Gasteiger charge is 2.34. The first-order chi connectivity index (χ1) is 16.4. The summed E-state index contributed by atoms with van der Waals surface area (Å²) < 4.78 is 19.8. The number of nitrogens with two attached hydrogens (primary N) is 1. The minimum absolute atomic E-state index is 0.0489. The number of ether oxygens (including phenoxy) is 1. The molecule has 1 aromatic heterocycles. The Hall–Kier alpha value is -3.44. The van der Waals surface area contributed by atoms with Crippen molar-refractivity contribution in [2.24, 2.45) is 5.73 Å². The molecule has 0 atom stereocenters. The number of aromatic nitrogens is 1. The van der Waals surface area contributed by atoms with Crippen LogP contribution in [0.5, 0.6) is 5.75 Å². The summed E-state index contributed by atoms with van der Waals surface area (Å²) in [6, 6.07) is 20.7. The maximum absolute atomic E-state index is 13.3. The predicted molar refractivity (Wildman–Crippen MR) is 134 cm³/mol. The van der Waals surface area contributed by atoms with Gasteiger partial charge in [-0.15, -0.1) is 0 Å². The Morgan fingerprint density at radius 1 is 1.03 bits per heavy atom. The SMILES string of the molecule is Cc1cc2c(=O)[nH]cc(Cc3ccccc3)c2cc1O[C@H]1CC[C@@](N)(c2ccc(F)cc2)CC1. The number of hydrogen-bond donors (Lipinski definition) is 2. The van der Waals surface area contributed by atoms with E-state index in [-0.39, 0.29) is 17.5 Å². The highest BCUT2D eigenvalue weighted by atomic mass is 19.1. The van der Waals surface area contributed by atoms with E-state index >= 15 is 0 Å². The van der Waals surface area contributed by atoms with Crippen LogP contribution < -0.4 is 16.0 Å². The summed E-state index contributed by atoms with van der Waals surface area (Å²) >= 11 is 0. The van der Waals surface area contributed by atoms with Gasteiger partial charge in [-0.1, -0.05) is 42.5 Å². The van der Waals surface area contributed by atoms with Crippen molar-refractivity contribution in [1.29, 1.82) is 0 Å². The molecule has 3 N–H and O–H groups in total. The zero-order valence-corrected chi connectivity index (χ0v) is 19.3. The van der Waals surface area contributed by atoms with Gasteiger partial charge in [-0.3, -0.25) is 4.79 Å². The maximum Gasteiger partial charge on any atom is 0.255 e. The zero-order valence-electron chi connectivity index (χ0n) is 19.3. The van der Waals surface area contributed by atoms with Crippen LogP contribution >= 0.6 is 0 Å². The molecule has 5 heteroatoms. The van der Waals surface area contributed by atoms with Crippen LogP contribution in [0.25, 0.3) is 10.8 Å². The minimum atomic E-state index is -0.456. The van der Waals surface area contributed by atoms with Crippen LogP contribution in [0.2, 0.25) is 0 Å². The highest BCUT2D eigenvalue weighted by molar-refractivity contribution is 5.87. The highest BCUT2D eigenvalue weighted by Crippen LogP contribution is 2.37. The standard InChI is InChI=1S/C29H29FN2O2/c1-19-15-26-25(21(18-32-28(26)33)16-20-5-3-2-4-6-20)17-27(19)34-24-11-13-29(31,14-12-24)22-7-9-23(30)10-8-22/h2-10,15,17-18,24H,11-14,16,31H2,1H3,(H,32,33)/t24-,29-. The van der Waals surface area contributed by atoms with Crippen LogP contribution in [0.4, 0.5) is 4.39 Å². The fraction of sp³-hybridized carbons (Fsp3) is 0.276. The van der Waals surface area contributed by atoms with E-state index in [0.29, 0.717) is 5.39 Å². The van der Waals surface area contributed by atoms with Crippen molar-refractivity contribution in [3.8, 4) is 5.75 Å². The summed E-state index contributed by atoms with van der Waals surface area (Å²) in [6.45, 7) is 1.98. The van der Waals surface area contributed by atoms with Gasteiger partial charge in [0.1, 0.15) is 11.6 Å². The molecule has 1 heterocycles. The summed E-state index contributed by atoms with van der Waals surface area (Å²) in [7, 11) is 0. The first-order valence-electron chi connectivity index (χ1n) is 11.8. The molecule has 0 radical (unpaired) electrons. The number of rotatable bonds is 5. The Labute approximate surface area is 198 Å². The lowest BCUT2D eigenvalue weighted by Gasteiger charge is -2.37. The van der Waals surface area contributed by atoms with Gasteiger partial charge >= 0.3 is 0 Å². The number of aryl methyl sites for hydroxylation is 1. The van der Waals surface area contributed by atoms with Gasteiger partial charge in [0.2, 0.25) is 0 Å². The second-order valence-corrected chi connectivity index (χ2v) is 9.45. The molecule has 3 aromatic carbocycles. The Kier molecular flexibility index (Phi) is 5.96. The lowest BCUT2D eigenvalue weighted by Crippen LogP contribution is -2.42. The molecule has 4 nitrogen and oxygen atoms in total. The van der Waals surface area contributed by atoms with Gasteiger partial charge in [-0.2, -0.15) is 0 Å². The van der Waals surface area contributed by atoms with E-state index in [2.05, 4.69) is 17.1 Å². The number of nitrogens with one attached hydrogen (secondary N) is 1. The topological polar surface area (TPSA) is 68.1 Å². The second-order valence-electron chi connectivity index (χ2n) is 9.45. The smallest absolute Gasteiger partial charge is 0.255 e. The Morgan fingerprint density at radius 3 is 2.44 bits per heavy atom. The molecule has 1 aliphatic rings. The third-order valence-electron chi connectivity index (χ3n) is 7.06. The van der Waals surface area contributed by atoms with E-state index in [9.17, 15) is 9.18 Å². The van der Waals surface area contributed by atoms with Gasteiger partial charge in [0.05, 0.1) is 6.10 Å². The second kappa shape index (κ2) is 9.07. The molecule has 0 unspecified atom stereocenters. The molecular weight excluding hydrogens is 427 g/mol. The fourth-order valence-electron chi connectivity index (χ4n) is 5.01. The third-order valence-corrected chi connectivity index (χ3v) is 7.06. The average molecular weight is 457 g/mol. The summed E-state index contributed by atoms with van der Waals surface area (Å²) in [5.74, 6) is 0.560. The van der Waals surface area contributed by atoms with Crippen molar-refractivity contribution >= 4 is 10.8 Å². The van der Waals surface area contributed by atoms with Crippen molar-refractivity contribution in [2.75, 3.05) is 0 Å². The molecule has 4 aromatic rings. The van der Waals surface area contributed by atoms with E-state index in [1.807, 2.05) is 43.5 Å².